The number of carbonyl (C=O) groups is 2. The van der Waals surface area contributed by atoms with Crippen molar-refractivity contribution in [2.75, 3.05) is 13.1 Å². The van der Waals surface area contributed by atoms with Crippen molar-refractivity contribution in [2.45, 2.75) is 31.8 Å². The summed E-state index contributed by atoms with van der Waals surface area (Å²) >= 11 is 0. The smallest absolute Gasteiger partial charge is 0.156 e. The topological polar surface area (TPSA) is 121 Å². The zero-order chi connectivity index (χ0) is 20.4. The van der Waals surface area contributed by atoms with Crippen molar-refractivity contribution in [3.63, 3.8) is 0 Å². The second-order valence-electron chi connectivity index (χ2n) is 7.22. The van der Waals surface area contributed by atoms with Gasteiger partial charge in [-0.2, -0.15) is 10.4 Å². The van der Waals surface area contributed by atoms with Crippen LogP contribution in [0, 0.1) is 17.2 Å². The Kier molecular flexibility index (Phi) is 5.18. The van der Waals surface area contributed by atoms with Gasteiger partial charge in [-0.3, -0.25) is 14.4 Å². The zero-order valence-electron chi connectivity index (χ0n) is 16.0. The Morgan fingerprint density at radius 2 is 2.31 bits per heavy atom. The van der Waals surface area contributed by atoms with Crippen molar-refractivity contribution < 1.29 is 9.59 Å². The average Bonchev–Trinajstić information content (AvgIpc) is 3.47. The molecule has 1 aliphatic rings. The van der Waals surface area contributed by atoms with E-state index >= 15 is 0 Å². The molecule has 4 heterocycles. The van der Waals surface area contributed by atoms with Crippen molar-refractivity contribution >= 4 is 23.1 Å². The van der Waals surface area contributed by atoms with Gasteiger partial charge in [-0.15, -0.1) is 0 Å². The molecule has 0 radical (unpaired) electrons. The van der Waals surface area contributed by atoms with E-state index in [0.717, 1.165) is 22.3 Å². The maximum absolute atomic E-state index is 12.1. The van der Waals surface area contributed by atoms with Gasteiger partial charge in [0.2, 0.25) is 0 Å². The number of likely N-dealkylation sites (tertiary alicyclic amines) is 1. The van der Waals surface area contributed by atoms with Crippen molar-refractivity contribution in [2.24, 2.45) is 5.92 Å². The normalized spacial score (nSPS) is 20.6. The van der Waals surface area contributed by atoms with E-state index in [9.17, 15) is 14.9 Å². The van der Waals surface area contributed by atoms with Crippen molar-refractivity contribution in [3.8, 4) is 17.3 Å². The summed E-state index contributed by atoms with van der Waals surface area (Å²) < 4.78 is 1.83. The van der Waals surface area contributed by atoms with Gasteiger partial charge in [-0.05, 0) is 6.07 Å². The highest BCUT2D eigenvalue weighted by molar-refractivity contribution is 5.97. The van der Waals surface area contributed by atoms with Crippen LogP contribution in [0.2, 0.25) is 0 Å². The summed E-state index contributed by atoms with van der Waals surface area (Å²) in [7, 11) is 0. The fraction of sp³-hybridized carbons (Fsp3) is 0.400. The molecule has 0 spiro atoms. The van der Waals surface area contributed by atoms with Gasteiger partial charge in [0.05, 0.1) is 24.0 Å². The van der Waals surface area contributed by atoms with Crippen molar-refractivity contribution in [3.05, 3.63) is 31.0 Å². The zero-order valence-corrected chi connectivity index (χ0v) is 16.0. The molecule has 1 saturated heterocycles. The van der Waals surface area contributed by atoms with Crippen molar-refractivity contribution in [1.82, 2.24) is 29.6 Å². The van der Waals surface area contributed by atoms with Crippen LogP contribution >= 0.6 is 0 Å². The van der Waals surface area contributed by atoms with Crippen LogP contribution in [-0.2, 0) is 9.59 Å². The number of hydrogen-bond donors (Lipinski definition) is 1. The Hall–Kier alpha value is -3.38. The van der Waals surface area contributed by atoms with Gasteiger partial charge in [0, 0.05) is 55.2 Å². The van der Waals surface area contributed by atoms with E-state index in [4.69, 9.17) is 0 Å². The second kappa shape index (κ2) is 7.93. The number of aromatic nitrogens is 5. The van der Waals surface area contributed by atoms with Crippen LogP contribution in [0.4, 0.5) is 0 Å². The quantitative estimate of drug-likeness (QED) is 0.481. The number of nitriles is 1. The first-order valence-corrected chi connectivity index (χ1v) is 9.57. The lowest BCUT2D eigenvalue weighted by molar-refractivity contribution is -0.128. The first kappa shape index (κ1) is 19.0. The van der Waals surface area contributed by atoms with Crippen LogP contribution in [0.15, 0.2) is 31.0 Å². The average molecular weight is 391 g/mol. The lowest BCUT2D eigenvalue weighted by atomic mass is 10.0. The minimum atomic E-state index is -0.762. The third-order valence-corrected chi connectivity index (χ3v) is 5.56. The first-order valence-electron chi connectivity index (χ1n) is 9.57. The van der Waals surface area contributed by atoms with E-state index in [2.05, 4.69) is 26.1 Å². The number of rotatable bonds is 7. The minimum Gasteiger partial charge on any atom is -0.346 e. The van der Waals surface area contributed by atoms with E-state index in [0.29, 0.717) is 32.2 Å². The predicted octanol–water partition coefficient (Wildman–Crippen LogP) is 1.75. The van der Waals surface area contributed by atoms with Crippen LogP contribution < -0.4 is 0 Å². The fourth-order valence-corrected chi connectivity index (χ4v) is 4.05. The molecule has 29 heavy (non-hydrogen) atoms. The van der Waals surface area contributed by atoms with Gasteiger partial charge < -0.3 is 9.78 Å². The van der Waals surface area contributed by atoms with E-state index < -0.39 is 6.04 Å². The number of nitrogens with zero attached hydrogens (tertiary/aromatic N) is 6. The molecular formula is C20H21N7O2. The molecule has 0 aromatic carbocycles. The number of H-pyrrole nitrogens is 1. The highest BCUT2D eigenvalue weighted by Crippen LogP contribution is 2.33. The fourth-order valence-electron chi connectivity index (χ4n) is 4.05. The van der Waals surface area contributed by atoms with Gasteiger partial charge in [0.25, 0.3) is 0 Å². The Labute approximate surface area is 167 Å². The number of carbonyl (C=O) groups excluding carboxylic acids is 2. The molecule has 9 heteroatoms. The largest absolute Gasteiger partial charge is 0.346 e. The maximum Gasteiger partial charge on any atom is 0.156 e. The number of fused-ring (bicyclic) bond motifs is 1. The van der Waals surface area contributed by atoms with E-state index in [1.165, 1.54) is 6.33 Å². The van der Waals surface area contributed by atoms with Gasteiger partial charge in [0.1, 0.15) is 24.3 Å². The summed E-state index contributed by atoms with van der Waals surface area (Å²) in [4.78, 5) is 37.2. The molecule has 0 saturated carbocycles. The van der Waals surface area contributed by atoms with E-state index in [1.807, 2.05) is 28.0 Å². The summed E-state index contributed by atoms with van der Waals surface area (Å²) in [6.07, 6.45) is 8.31. The highest BCUT2D eigenvalue weighted by atomic mass is 16.1. The molecule has 0 amide bonds. The van der Waals surface area contributed by atoms with Gasteiger partial charge in [-0.1, -0.05) is 6.92 Å². The second-order valence-corrected chi connectivity index (χ2v) is 7.22. The van der Waals surface area contributed by atoms with Crippen LogP contribution in [-0.4, -0.2) is 60.8 Å². The molecule has 3 aromatic rings. The summed E-state index contributed by atoms with van der Waals surface area (Å²) in [5.74, 6) is -0.120. The number of hydrogen-bond acceptors (Lipinski definition) is 7. The van der Waals surface area contributed by atoms with E-state index in [1.54, 1.807) is 13.1 Å². The molecule has 3 atom stereocenters. The Morgan fingerprint density at radius 3 is 3.07 bits per heavy atom. The third-order valence-electron chi connectivity index (χ3n) is 5.56. The molecule has 148 valence electrons. The lowest BCUT2D eigenvalue weighted by Gasteiger charge is -2.21. The van der Waals surface area contributed by atoms with Gasteiger partial charge in [0.15, 0.2) is 5.78 Å². The summed E-state index contributed by atoms with van der Waals surface area (Å²) in [6, 6.07) is 3.28. The van der Waals surface area contributed by atoms with Crippen LogP contribution in [0.5, 0.6) is 0 Å². The molecule has 9 nitrogen and oxygen atoms in total. The molecule has 4 rings (SSSR count). The molecule has 1 N–H and O–H groups in total. The van der Waals surface area contributed by atoms with Crippen LogP contribution in [0.3, 0.4) is 0 Å². The Bertz CT molecular complexity index is 1080. The first-order chi connectivity index (χ1) is 14.2. The van der Waals surface area contributed by atoms with Gasteiger partial charge in [-0.25, -0.2) is 9.97 Å². The Balaban J connectivity index is 1.63. The SMILES string of the molecule is CCC(=O)C(C=O)N1C[C@H](CC#N)[C@H](n2cc(-c3ncnc4[nH]ccc34)cn2)C1. The van der Waals surface area contributed by atoms with Crippen LogP contribution in [0.25, 0.3) is 22.3 Å². The van der Waals surface area contributed by atoms with Gasteiger partial charge >= 0.3 is 0 Å². The monoisotopic (exact) mass is 391 g/mol. The predicted molar refractivity (Wildman–Crippen MR) is 105 cm³/mol. The van der Waals surface area contributed by atoms with E-state index in [-0.39, 0.29) is 17.7 Å². The number of nitrogens with one attached hydrogen (secondary N) is 1. The Morgan fingerprint density at radius 1 is 1.45 bits per heavy atom. The molecule has 0 aliphatic carbocycles. The number of Topliss-reactive ketones (excluding diaryl/α,β-unsaturated/α-hetero) is 1. The number of aldehydes is 1. The van der Waals surface area contributed by atoms with Crippen LogP contribution in [0.1, 0.15) is 25.8 Å². The molecule has 3 aromatic heterocycles. The minimum absolute atomic E-state index is 0.0162. The maximum atomic E-state index is 12.1. The molecule has 0 bridgehead atoms. The molecule has 1 fully saturated rings. The number of ketones is 1. The summed E-state index contributed by atoms with van der Waals surface area (Å²) in [5, 5.41) is 14.7. The summed E-state index contributed by atoms with van der Waals surface area (Å²) in [5.41, 5.74) is 2.38. The van der Waals surface area contributed by atoms with Crippen molar-refractivity contribution in [1.29, 1.82) is 5.26 Å². The lowest BCUT2D eigenvalue weighted by Crippen LogP contribution is -2.41. The standard InChI is InChI=1S/C20H21N7O2/c1-2-18(29)17(11-28)26-8-13(3-5-21)16(10-26)27-9-14(7-25-27)19-15-4-6-22-20(15)24-12-23-19/h4,6-7,9,11-13,16-17H,2-3,8,10H2,1H3,(H,22,23,24)/t13-,16+,17?/m0/s1. The molecular weight excluding hydrogens is 370 g/mol. The molecule has 1 aliphatic heterocycles. The number of aromatic amines is 1. The molecule has 1 unspecified atom stereocenters. The highest BCUT2D eigenvalue weighted by Gasteiger charge is 2.39. The summed E-state index contributed by atoms with van der Waals surface area (Å²) in [6.45, 7) is 2.76. The third kappa shape index (κ3) is 3.43.